The fraction of sp³-hybridized carbons (Fsp3) is 0.0714. The molecule has 0 bridgehead atoms. The highest BCUT2D eigenvalue weighted by Crippen LogP contribution is 2.41. The van der Waals surface area contributed by atoms with Gasteiger partial charge in [-0.1, -0.05) is 77.9 Å². The normalized spacial score (nSPS) is 11.0. The molecule has 0 aliphatic heterocycles. The van der Waals surface area contributed by atoms with Crippen molar-refractivity contribution in [1.82, 2.24) is 4.98 Å². The van der Waals surface area contributed by atoms with E-state index in [1.165, 1.54) is 16.9 Å². The zero-order chi connectivity index (χ0) is 22.9. The van der Waals surface area contributed by atoms with Gasteiger partial charge < -0.3 is 11.1 Å². The number of nitrogens with two attached hydrogens (primary N) is 1. The summed E-state index contributed by atoms with van der Waals surface area (Å²) in [6.45, 7) is 4.08. The van der Waals surface area contributed by atoms with Gasteiger partial charge in [0.15, 0.2) is 0 Å². The van der Waals surface area contributed by atoms with Gasteiger partial charge in [-0.05, 0) is 43.2 Å². The van der Waals surface area contributed by atoms with E-state index in [0.29, 0.717) is 10.6 Å². The van der Waals surface area contributed by atoms with Gasteiger partial charge in [0, 0.05) is 16.6 Å². The molecule has 2 aromatic heterocycles. The number of aryl methyl sites for hydroxylation is 2. The molecule has 5 rings (SSSR count). The van der Waals surface area contributed by atoms with E-state index in [-0.39, 0.29) is 5.91 Å². The molecule has 2 heterocycles. The summed E-state index contributed by atoms with van der Waals surface area (Å²) in [6.07, 6.45) is 0. The Labute approximate surface area is 196 Å². The Hall–Kier alpha value is -3.96. The maximum absolute atomic E-state index is 13.1. The Morgan fingerprint density at radius 2 is 1.48 bits per heavy atom. The summed E-state index contributed by atoms with van der Waals surface area (Å²) in [4.78, 5) is 19.2. The monoisotopic (exact) mass is 449 g/mol. The minimum absolute atomic E-state index is 0.226. The number of anilines is 2. The van der Waals surface area contributed by atoms with Crippen LogP contribution in [0.3, 0.4) is 0 Å². The van der Waals surface area contributed by atoms with E-state index in [1.54, 1.807) is 0 Å². The second-order valence-corrected chi connectivity index (χ2v) is 9.13. The van der Waals surface area contributed by atoms with Gasteiger partial charge in [0.25, 0.3) is 5.91 Å². The van der Waals surface area contributed by atoms with E-state index >= 15 is 0 Å². The van der Waals surface area contributed by atoms with Crippen molar-refractivity contribution in [3.8, 4) is 22.4 Å². The summed E-state index contributed by atoms with van der Waals surface area (Å²) >= 11 is 1.33. The van der Waals surface area contributed by atoms with Gasteiger partial charge in [-0.2, -0.15) is 0 Å². The molecule has 3 N–H and O–H groups in total. The predicted molar refractivity (Wildman–Crippen MR) is 139 cm³/mol. The number of rotatable bonds is 4. The quantitative estimate of drug-likeness (QED) is 0.308. The van der Waals surface area contributed by atoms with Gasteiger partial charge in [-0.15, -0.1) is 11.3 Å². The fourth-order valence-electron chi connectivity index (χ4n) is 3.83. The number of hydrogen-bond donors (Lipinski definition) is 2. The number of fused-ring (bicyclic) bond motifs is 1. The molecule has 0 spiro atoms. The topological polar surface area (TPSA) is 68.0 Å². The number of nitrogens with one attached hydrogen (secondary N) is 1. The Morgan fingerprint density at radius 3 is 2.15 bits per heavy atom. The molecule has 0 atom stereocenters. The van der Waals surface area contributed by atoms with Crippen molar-refractivity contribution in [2.75, 3.05) is 11.1 Å². The fourth-order valence-corrected chi connectivity index (χ4v) is 4.85. The van der Waals surface area contributed by atoms with Gasteiger partial charge >= 0.3 is 0 Å². The van der Waals surface area contributed by atoms with Crippen LogP contribution in [0.1, 0.15) is 20.8 Å². The Balaban J connectivity index is 1.66. The van der Waals surface area contributed by atoms with Crippen LogP contribution < -0.4 is 11.1 Å². The first-order valence-corrected chi connectivity index (χ1v) is 11.5. The lowest BCUT2D eigenvalue weighted by Crippen LogP contribution is -2.11. The van der Waals surface area contributed by atoms with Crippen molar-refractivity contribution in [3.05, 3.63) is 101 Å². The van der Waals surface area contributed by atoms with E-state index in [4.69, 9.17) is 10.7 Å². The van der Waals surface area contributed by atoms with Crippen molar-refractivity contribution >= 4 is 38.8 Å². The largest absolute Gasteiger partial charge is 0.397 e. The molecule has 0 saturated heterocycles. The van der Waals surface area contributed by atoms with Gasteiger partial charge in [0.05, 0.1) is 11.4 Å². The maximum Gasteiger partial charge on any atom is 0.267 e. The van der Waals surface area contributed by atoms with E-state index in [0.717, 1.165) is 43.9 Å². The standard InChI is InChI=1S/C28H23N3OS/c1-17-8-12-19(13-9-17)22-16-23(20-6-4-3-5-7-20)31-28-24(22)25(29)26(33-28)27(32)30-21-14-10-18(2)11-15-21/h3-16H,29H2,1-2H3,(H,30,32). The Bertz CT molecular complexity index is 1450. The lowest BCUT2D eigenvalue weighted by atomic mass is 9.99. The van der Waals surface area contributed by atoms with Crippen molar-refractivity contribution in [2.24, 2.45) is 0 Å². The van der Waals surface area contributed by atoms with E-state index in [2.05, 4.69) is 42.6 Å². The molecule has 1 amide bonds. The van der Waals surface area contributed by atoms with Crippen molar-refractivity contribution in [2.45, 2.75) is 13.8 Å². The van der Waals surface area contributed by atoms with Crippen LogP contribution >= 0.6 is 11.3 Å². The van der Waals surface area contributed by atoms with Crippen LogP contribution in [-0.2, 0) is 0 Å². The number of benzene rings is 3. The second-order valence-electron chi connectivity index (χ2n) is 8.13. The lowest BCUT2D eigenvalue weighted by Gasteiger charge is -2.09. The van der Waals surface area contributed by atoms with Gasteiger partial charge in [-0.25, -0.2) is 4.98 Å². The first-order chi connectivity index (χ1) is 16.0. The summed E-state index contributed by atoms with van der Waals surface area (Å²) in [5.74, 6) is -0.226. The molecule has 0 aliphatic carbocycles. The van der Waals surface area contributed by atoms with Crippen LogP contribution in [0.15, 0.2) is 84.9 Å². The highest BCUT2D eigenvalue weighted by Gasteiger charge is 2.21. The molecule has 0 fully saturated rings. The zero-order valence-corrected chi connectivity index (χ0v) is 19.2. The summed E-state index contributed by atoms with van der Waals surface area (Å²) in [5, 5.41) is 3.78. The highest BCUT2D eigenvalue weighted by molar-refractivity contribution is 7.21. The Kier molecular flexibility index (Phi) is 5.40. The first kappa shape index (κ1) is 20.9. The molecule has 0 unspecified atom stereocenters. The molecule has 0 saturated carbocycles. The average Bonchev–Trinajstić information content (AvgIpc) is 3.17. The molecule has 162 valence electrons. The number of carbonyl (C=O) groups is 1. The number of thiophene rings is 1. The molecule has 5 heteroatoms. The molecule has 0 radical (unpaired) electrons. The molecule has 33 heavy (non-hydrogen) atoms. The number of pyridine rings is 1. The highest BCUT2D eigenvalue weighted by atomic mass is 32.1. The SMILES string of the molecule is Cc1ccc(NC(=O)c2sc3nc(-c4ccccc4)cc(-c4ccc(C)cc4)c3c2N)cc1. The van der Waals surface area contributed by atoms with E-state index in [1.807, 2.05) is 61.5 Å². The average molecular weight is 450 g/mol. The third-order valence-electron chi connectivity index (χ3n) is 5.65. The van der Waals surface area contributed by atoms with Gasteiger partial charge in [0.2, 0.25) is 0 Å². The summed E-state index contributed by atoms with van der Waals surface area (Å²) in [7, 11) is 0. The molecule has 3 aromatic carbocycles. The smallest absolute Gasteiger partial charge is 0.267 e. The van der Waals surface area contributed by atoms with E-state index in [9.17, 15) is 4.79 Å². The number of nitrogens with zero attached hydrogens (tertiary/aromatic N) is 1. The summed E-state index contributed by atoms with van der Waals surface area (Å²) < 4.78 is 0. The minimum atomic E-state index is -0.226. The van der Waals surface area contributed by atoms with Crippen LogP contribution in [0, 0.1) is 13.8 Å². The predicted octanol–water partition coefficient (Wildman–Crippen LogP) is 7.08. The maximum atomic E-state index is 13.1. The Morgan fingerprint density at radius 1 is 0.848 bits per heavy atom. The zero-order valence-electron chi connectivity index (χ0n) is 18.4. The number of hydrogen-bond acceptors (Lipinski definition) is 4. The summed E-state index contributed by atoms with van der Waals surface area (Å²) in [6, 6.07) is 28.2. The third-order valence-corrected chi connectivity index (χ3v) is 6.74. The van der Waals surface area contributed by atoms with Crippen LogP contribution in [0.2, 0.25) is 0 Å². The molecular weight excluding hydrogens is 426 g/mol. The van der Waals surface area contributed by atoms with Crippen LogP contribution in [0.4, 0.5) is 11.4 Å². The molecule has 4 nitrogen and oxygen atoms in total. The van der Waals surface area contributed by atoms with E-state index < -0.39 is 0 Å². The third kappa shape index (κ3) is 4.11. The van der Waals surface area contributed by atoms with Crippen LogP contribution in [-0.4, -0.2) is 10.9 Å². The number of nitrogen functional groups attached to an aromatic ring is 1. The lowest BCUT2D eigenvalue weighted by molar-refractivity contribution is 0.103. The summed E-state index contributed by atoms with van der Waals surface area (Å²) in [5.41, 5.74) is 14.0. The van der Waals surface area contributed by atoms with Crippen molar-refractivity contribution in [3.63, 3.8) is 0 Å². The molecular formula is C28H23N3OS. The van der Waals surface area contributed by atoms with Crippen LogP contribution in [0.25, 0.3) is 32.6 Å². The van der Waals surface area contributed by atoms with Crippen molar-refractivity contribution in [1.29, 1.82) is 0 Å². The van der Waals surface area contributed by atoms with Crippen LogP contribution in [0.5, 0.6) is 0 Å². The van der Waals surface area contributed by atoms with Gasteiger partial charge in [0.1, 0.15) is 9.71 Å². The van der Waals surface area contributed by atoms with Crippen molar-refractivity contribution < 1.29 is 4.79 Å². The minimum Gasteiger partial charge on any atom is -0.397 e. The number of carbonyl (C=O) groups excluding carboxylic acids is 1. The number of amides is 1. The molecule has 0 aliphatic rings. The second kappa shape index (κ2) is 8.52. The van der Waals surface area contributed by atoms with Gasteiger partial charge in [-0.3, -0.25) is 4.79 Å². The first-order valence-electron chi connectivity index (χ1n) is 10.7. The molecule has 5 aromatic rings. The number of aromatic nitrogens is 1.